The van der Waals surface area contributed by atoms with Gasteiger partial charge in [-0.1, -0.05) is 12.2 Å². The molecule has 2 aliphatic rings. The number of carbonyl (C=O) groups excluding carboxylic acids is 1. The average molecular weight is 244 g/mol. The first-order valence-corrected chi connectivity index (χ1v) is 6.05. The molecule has 0 aliphatic carbocycles. The number of amides is 1. The smallest absolute Gasteiger partial charge is 0.251 e. The van der Waals surface area contributed by atoms with Crippen molar-refractivity contribution < 1.29 is 13.6 Å². The molecule has 0 aromatic carbocycles. The first-order chi connectivity index (χ1) is 7.98. The Morgan fingerprint density at radius 2 is 2.06 bits per heavy atom. The van der Waals surface area contributed by atoms with Crippen LogP contribution in [-0.2, 0) is 4.79 Å². The minimum Gasteiger partial charge on any atom is -0.341 e. The summed E-state index contributed by atoms with van der Waals surface area (Å²) in [5.41, 5.74) is 1.14. The van der Waals surface area contributed by atoms with E-state index in [0.29, 0.717) is 13.1 Å². The highest BCUT2D eigenvalue weighted by Crippen LogP contribution is 2.28. The molecule has 1 N–H and O–H groups in total. The summed E-state index contributed by atoms with van der Waals surface area (Å²) in [5, 5.41) is 2.89. The van der Waals surface area contributed by atoms with Gasteiger partial charge in [0.1, 0.15) is 0 Å². The topological polar surface area (TPSA) is 32.3 Å². The fraction of sp³-hybridized carbons (Fsp3) is 0.750. The number of nitrogens with one attached hydrogen (secondary N) is 1. The lowest BCUT2D eigenvalue weighted by atomic mass is 9.98. The maximum atomic E-state index is 13.2. The predicted molar refractivity (Wildman–Crippen MR) is 60.9 cm³/mol. The Bertz CT molecular complexity index is 320. The molecule has 2 fully saturated rings. The van der Waals surface area contributed by atoms with Crippen LogP contribution < -0.4 is 5.32 Å². The van der Waals surface area contributed by atoms with Crippen LogP contribution in [0.2, 0.25) is 0 Å². The average Bonchev–Trinajstić information content (AvgIpc) is 2.28. The van der Waals surface area contributed by atoms with Gasteiger partial charge in [0.2, 0.25) is 5.91 Å². The van der Waals surface area contributed by atoms with Crippen molar-refractivity contribution >= 4 is 5.91 Å². The number of hydrogen-bond donors (Lipinski definition) is 1. The Hall–Kier alpha value is -0.970. The number of piperidine rings is 2. The number of halogens is 2. The maximum absolute atomic E-state index is 13.2. The van der Waals surface area contributed by atoms with Crippen LogP contribution in [0.1, 0.15) is 25.7 Å². The lowest BCUT2D eigenvalue weighted by Crippen LogP contribution is -2.54. The molecule has 0 aromatic rings. The second-order valence-electron chi connectivity index (χ2n) is 4.89. The van der Waals surface area contributed by atoms with Gasteiger partial charge in [0.15, 0.2) is 0 Å². The molecule has 1 unspecified atom stereocenters. The van der Waals surface area contributed by atoms with Crippen LogP contribution in [0.3, 0.4) is 0 Å². The molecule has 96 valence electrons. The minimum absolute atomic E-state index is 0.173. The van der Waals surface area contributed by atoms with Crippen molar-refractivity contribution in [3.8, 4) is 0 Å². The molecule has 2 rings (SSSR count). The van der Waals surface area contributed by atoms with E-state index in [1.807, 2.05) is 0 Å². The van der Waals surface area contributed by atoms with Gasteiger partial charge in [-0.2, -0.15) is 0 Å². The fourth-order valence-corrected chi connectivity index (χ4v) is 2.34. The summed E-state index contributed by atoms with van der Waals surface area (Å²) >= 11 is 0. The molecule has 2 aliphatic heterocycles. The molecule has 0 bridgehead atoms. The van der Waals surface area contributed by atoms with Gasteiger partial charge < -0.3 is 10.2 Å². The van der Waals surface area contributed by atoms with Crippen LogP contribution in [0.5, 0.6) is 0 Å². The van der Waals surface area contributed by atoms with E-state index < -0.39 is 12.0 Å². The van der Waals surface area contributed by atoms with E-state index in [-0.39, 0.29) is 25.3 Å². The van der Waals surface area contributed by atoms with Crippen LogP contribution in [0.4, 0.5) is 8.78 Å². The summed E-state index contributed by atoms with van der Waals surface area (Å²) < 4.78 is 26.4. The highest BCUT2D eigenvalue weighted by molar-refractivity contribution is 5.82. The maximum Gasteiger partial charge on any atom is 0.251 e. The summed E-state index contributed by atoms with van der Waals surface area (Å²) in [5.74, 6) is -2.89. The van der Waals surface area contributed by atoms with Crippen molar-refractivity contribution in [1.29, 1.82) is 0 Å². The van der Waals surface area contributed by atoms with Gasteiger partial charge in [0, 0.05) is 32.5 Å². The Balaban J connectivity index is 1.93. The lowest BCUT2D eigenvalue weighted by Gasteiger charge is -2.35. The van der Waals surface area contributed by atoms with Gasteiger partial charge in [0.05, 0.1) is 6.04 Å². The van der Waals surface area contributed by atoms with Crippen LogP contribution in [-0.4, -0.2) is 42.4 Å². The Labute approximate surface area is 99.9 Å². The number of rotatable bonds is 1. The van der Waals surface area contributed by atoms with E-state index in [1.165, 1.54) is 0 Å². The van der Waals surface area contributed by atoms with Gasteiger partial charge >= 0.3 is 0 Å². The van der Waals surface area contributed by atoms with E-state index in [1.54, 1.807) is 4.90 Å². The number of carbonyl (C=O) groups is 1. The third kappa shape index (κ3) is 3.03. The highest BCUT2D eigenvalue weighted by Gasteiger charge is 2.40. The van der Waals surface area contributed by atoms with Crippen molar-refractivity contribution in [2.45, 2.75) is 37.6 Å². The fourth-order valence-electron chi connectivity index (χ4n) is 2.34. The molecule has 1 amide bonds. The van der Waals surface area contributed by atoms with Crippen LogP contribution >= 0.6 is 0 Å². The number of alkyl halides is 2. The normalized spacial score (nSPS) is 29.2. The third-order valence-electron chi connectivity index (χ3n) is 3.46. The molecular weight excluding hydrogens is 226 g/mol. The molecule has 0 spiro atoms. The molecule has 0 radical (unpaired) electrons. The molecule has 0 aromatic heterocycles. The summed E-state index contributed by atoms with van der Waals surface area (Å²) in [4.78, 5) is 13.7. The predicted octanol–water partition coefficient (Wildman–Crippen LogP) is 1.55. The number of hydrogen-bond acceptors (Lipinski definition) is 2. The zero-order chi connectivity index (χ0) is 12.5. The standard InChI is InChI=1S/C12H18F2N2O/c1-9-2-6-16(7-3-9)11(17)10-8-12(13,14)4-5-15-10/h10,15H,1-8H2. The SMILES string of the molecule is C=C1CCN(C(=O)C2CC(F)(F)CCN2)CC1. The summed E-state index contributed by atoms with van der Waals surface area (Å²) in [7, 11) is 0. The molecule has 1 atom stereocenters. The Kier molecular flexibility index (Phi) is 3.47. The van der Waals surface area contributed by atoms with Gasteiger partial charge in [-0.05, 0) is 12.8 Å². The van der Waals surface area contributed by atoms with Crippen molar-refractivity contribution in [3.05, 3.63) is 12.2 Å². The third-order valence-corrected chi connectivity index (χ3v) is 3.46. The largest absolute Gasteiger partial charge is 0.341 e. The van der Waals surface area contributed by atoms with Gasteiger partial charge in [-0.3, -0.25) is 4.79 Å². The van der Waals surface area contributed by atoms with E-state index in [0.717, 1.165) is 18.4 Å². The summed E-state index contributed by atoms with van der Waals surface area (Å²) in [6.07, 6.45) is 1.03. The van der Waals surface area contributed by atoms with Gasteiger partial charge in [0.25, 0.3) is 5.92 Å². The quantitative estimate of drug-likeness (QED) is 0.710. The van der Waals surface area contributed by atoms with Gasteiger partial charge in [-0.25, -0.2) is 8.78 Å². The van der Waals surface area contributed by atoms with Crippen LogP contribution in [0, 0.1) is 0 Å². The van der Waals surface area contributed by atoms with E-state index in [2.05, 4.69) is 11.9 Å². The molecule has 2 saturated heterocycles. The molecule has 17 heavy (non-hydrogen) atoms. The van der Waals surface area contributed by atoms with E-state index in [4.69, 9.17) is 0 Å². The monoisotopic (exact) mass is 244 g/mol. The van der Waals surface area contributed by atoms with Crippen LogP contribution in [0.25, 0.3) is 0 Å². The second-order valence-corrected chi connectivity index (χ2v) is 4.89. The van der Waals surface area contributed by atoms with Crippen LogP contribution in [0.15, 0.2) is 12.2 Å². The van der Waals surface area contributed by atoms with Crippen molar-refractivity contribution in [1.82, 2.24) is 10.2 Å². The minimum atomic E-state index is -2.70. The first kappa shape index (κ1) is 12.5. The zero-order valence-corrected chi connectivity index (χ0v) is 9.85. The van der Waals surface area contributed by atoms with E-state index >= 15 is 0 Å². The summed E-state index contributed by atoms with van der Waals surface area (Å²) in [6.45, 7) is 5.31. The van der Waals surface area contributed by atoms with Crippen molar-refractivity contribution in [3.63, 3.8) is 0 Å². The lowest BCUT2D eigenvalue weighted by molar-refractivity contribution is -0.139. The van der Waals surface area contributed by atoms with Gasteiger partial charge in [-0.15, -0.1) is 0 Å². The van der Waals surface area contributed by atoms with Crippen molar-refractivity contribution in [2.75, 3.05) is 19.6 Å². The number of likely N-dealkylation sites (tertiary alicyclic amines) is 1. The molecule has 0 saturated carbocycles. The summed E-state index contributed by atoms with van der Waals surface area (Å²) in [6, 6.07) is -0.717. The van der Waals surface area contributed by atoms with E-state index in [9.17, 15) is 13.6 Å². The number of nitrogens with zero attached hydrogens (tertiary/aromatic N) is 1. The molecule has 5 heteroatoms. The Morgan fingerprint density at radius 1 is 1.41 bits per heavy atom. The molecular formula is C12H18F2N2O. The highest BCUT2D eigenvalue weighted by atomic mass is 19.3. The first-order valence-electron chi connectivity index (χ1n) is 6.05. The molecule has 2 heterocycles. The Morgan fingerprint density at radius 3 is 2.65 bits per heavy atom. The zero-order valence-electron chi connectivity index (χ0n) is 9.85. The second kappa shape index (κ2) is 4.72. The molecule has 3 nitrogen and oxygen atoms in total. The van der Waals surface area contributed by atoms with Crippen molar-refractivity contribution in [2.24, 2.45) is 0 Å².